The number of nitrogens with zero attached hydrogens (tertiary/aromatic N) is 1. The van der Waals surface area contributed by atoms with E-state index in [2.05, 4.69) is 0 Å². The molecule has 27 heavy (non-hydrogen) atoms. The lowest BCUT2D eigenvalue weighted by Gasteiger charge is -2.24. The predicted molar refractivity (Wildman–Crippen MR) is 95.0 cm³/mol. The number of benzene rings is 1. The average molecular weight is 383 g/mol. The maximum Gasteiger partial charge on any atom is 0.409 e. The van der Waals surface area contributed by atoms with Crippen LogP contribution in [0.25, 0.3) is 0 Å². The van der Waals surface area contributed by atoms with Crippen molar-refractivity contribution >= 4 is 18.5 Å². The SMILES string of the molecule is CC(Cc1ccc2c(c1)OCO2)N(C)C(=O)OCCCCC(=O)O.O=CO. The molecular weight excluding hydrogens is 358 g/mol. The second-order valence-corrected chi connectivity index (χ2v) is 5.92. The molecule has 0 radical (unpaired) electrons. The molecule has 0 aromatic heterocycles. The summed E-state index contributed by atoms with van der Waals surface area (Å²) in [6.07, 6.45) is 1.40. The number of hydrogen-bond acceptors (Lipinski definition) is 6. The molecule has 1 amide bonds. The molecule has 9 nitrogen and oxygen atoms in total. The van der Waals surface area contributed by atoms with Gasteiger partial charge in [-0.3, -0.25) is 9.59 Å². The molecule has 2 N–H and O–H groups in total. The van der Waals surface area contributed by atoms with E-state index in [0.29, 0.717) is 19.3 Å². The van der Waals surface area contributed by atoms with Gasteiger partial charge in [0.05, 0.1) is 6.61 Å². The van der Waals surface area contributed by atoms with Crippen molar-refractivity contribution in [2.45, 2.75) is 38.6 Å². The summed E-state index contributed by atoms with van der Waals surface area (Å²) < 4.78 is 15.8. The highest BCUT2D eigenvalue weighted by Gasteiger charge is 2.19. The van der Waals surface area contributed by atoms with E-state index in [1.807, 2.05) is 25.1 Å². The fourth-order valence-corrected chi connectivity index (χ4v) is 2.37. The number of hydrogen-bond donors (Lipinski definition) is 2. The maximum atomic E-state index is 12.0. The van der Waals surface area contributed by atoms with Gasteiger partial charge in [0.15, 0.2) is 11.5 Å². The van der Waals surface area contributed by atoms with Gasteiger partial charge in [-0.05, 0) is 43.9 Å². The van der Waals surface area contributed by atoms with Gasteiger partial charge in [0.1, 0.15) is 0 Å². The van der Waals surface area contributed by atoms with Gasteiger partial charge < -0.3 is 29.3 Å². The van der Waals surface area contributed by atoms with E-state index in [9.17, 15) is 9.59 Å². The van der Waals surface area contributed by atoms with Gasteiger partial charge in [-0.2, -0.15) is 0 Å². The van der Waals surface area contributed by atoms with Crippen molar-refractivity contribution in [3.63, 3.8) is 0 Å². The predicted octanol–water partition coefficient (Wildman–Crippen LogP) is 2.37. The van der Waals surface area contributed by atoms with E-state index in [4.69, 9.17) is 29.2 Å². The number of carbonyl (C=O) groups excluding carboxylic acids is 1. The third-order valence-electron chi connectivity index (χ3n) is 3.93. The number of likely N-dealkylation sites (N-methyl/N-ethyl adjacent to an activating group) is 1. The molecule has 0 saturated heterocycles. The summed E-state index contributed by atoms with van der Waals surface area (Å²) >= 11 is 0. The molecule has 1 heterocycles. The first-order valence-corrected chi connectivity index (χ1v) is 8.46. The quantitative estimate of drug-likeness (QED) is 0.518. The molecule has 1 aliphatic rings. The van der Waals surface area contributed by atoms with Crippen molar-refractivity contribution < 1.29 is 38.8 Å². The van der Waals surface area contributed by atoms with Crippen LogP contribution in [0.3, 0.4) is 0 Å². The summed E-state index contributed by atoms with van der Waals surface area (Å²) in [6, 6.07) is 5.70. The Kier molecular flexibility index (Phi) is 9.49. The molecule has 0 spiro atoms. The van der Waals surface area contributed by atoms with E-state index in [0.717, 1.165) is 17.1 Å². The maximum absolute atomic E-state index is 12.0. The van der Waals surface area contributed by atoms with Crippen molar-refractivity contribution in [2.24, 2.45) is 0 Å². The molecule has 150 valence electrons. The second kappa shape index (κ2) is 11.6. The number of amides is 1. The topological polar surface area (TPSA) is 123 Å². The summed E-state index contributed by atoms with van der Waals surface area (Å²) in [5, 5.41) is 15.4. The monoisotopic (exact) mass is 383 g/mol. The Morgan fingerprint density at radius 1 is 1.30 bits per heavy atom. The Morgan fingerprint density at radius 2 is 1.96 bits per heavy atom. The van der Waals surface area contributed by atoms with E-state index in [1.54, 1.807) is 11.9 Å². The Hall–Kier alpha value is -2.97. The van der Waals surface area contributed by atoms with Crippen LogP contribution in [0.2, 0.25) is 0 Å². The molecule has 0 aliphatic carbocycles. The summed E-state index contributed by atoms with van der Waals surface area (Å²) in [5.41, 5.74) is 1.05. The van der Waals surface area contributed by atoms with Crippen molar-refractivity contribution in [1.29, 1.82) is 0 Å². The van der Waals surface area contributed by atoms with Crippen molar-refractivity contribution in [3.05, 3.63) is 23.8 Å². The van der Waals surface area contributed by atoms with Crippen molar-refractivity contribution in [1.82, 2.24) is 4.90 Å². The fourth-order valence-electron chi connectivity index (χ4n) is 2.37. The van der Waals surface area contributed by atoms with Crippen LogP contribution in [0.1, 0.15) is 31.7 Å². The molecule has 0 saturated carbocycles. The lowest BCUT2D eigenvalue weighted by Crippen LogP contribution is -2.37. The highest BCUT2D eigenvalue weighted by molar-refractivity contribution is 5.67. The summed E-state index contributed by atoms with van der Waals surface area (Å²) in [6.45, 7) is 2.16. The van der Waals surface area contributed by atoms with Crippen molar-refractivity contribution in [2.75, 3.05) is 20.4 Å². The summed E-state index contributed by atoms with van der Waals surface area (Å²) in [5.74, 6) is 0.625. The van der Waals surface area contributed by atoms with Crippen LogP contribution in [0.15, 0.2) is 18.2 Å². The minimum atomic E-state index is -0.837. The zero-order valence-electron chi connectivity index (χ0n) is 15.4. The minimum absolute atomic E-state index is 0.0445. The smallest absolute Gasteiger partial charge is 0.409 e. The Morgan fingerprint density at radius 3 is 2.63 bits per heavy atom. The molecule has 1 aromatic carbocycles. The summed E-state index contributed by atoms with van der Waals surface area (Å²) in [7, 11) is 1.69. The number of carbonyl (C=O) groups is 3. The van der Waals surface area contributed by atoms with Crippen LogP contribution in [-0.4, -0.2) is 60.1 Å². The Balaban J connectivity index is 0.00000114. The van der Waals surface area contributed by atoms with E-state index in [-0.39, 0.29) is 32.3 Å². The highest BCUT2D eigenvalue weighted by Crippen LogP contribution is 2.32. The lowest BCUT2D eigenvalue weighted by atomic mass is 10.1. The minimum Gasteiger partial charge on any atom is -0.483 e. The zero-order chi connectivity index (χ0) is 20.2. The molecule has 0 bridgehead atoms. The third kappa shape index (κ3) is 7.85. The lowest BCUT2D eigenvalue weighted by molar-refractivity contribution is -0.137. The first kappa shape index (κ1) is 22.1. The zero-order valence-corrected chi connectivity index (χ0v) is 15.4. The van der Waals surface area contributed by atoms with Crippen molar-refractivity contribution in [3.8, 4) is 11.5 Å². The molecule has 1 aromatic rings. The molecule has 0 fully saturated rings. The molecule has 1 atom stereocenters. The number of rotatable bonds is 8. The van der Waals surface area contributed by atoms with Gasteiger partial charge in [0.2, 0.25) is 6.79 Å². The van der Waals surface area contributed by atoms with Gasteiger partial charge >= 0.3 is 12.1 Å². The van der Waals surface area contributed by atoms with Gasteiger partial charge in [-0.1, -0.05) is 6.07 Å². The highest BCUT2D eigenvalue weighted by atomic mass is 16.7. The number of ether oxygens (including phenoxy) is 3. The van der Waals surface area contributed by atoms with Gasteiger partial charge in [-0.25, -0.2) is 4.79 Å². The number of carboxylic acids is 1. The number of unbranched alkanes of at least 4 members (excludes halogenated alkanes) is 1. The normalized spacial score (nSPS) is 12.4. The van der Waals surface area contributed by atoms with Gasteiger partial charge in [0, 0.05) is 19.5 Å². The summed E-state index contributed by atoms with van der Waals surface area (Å²) in [4.78, 5) is 32.3. The van der Waals surface area contributed by atoms with Gasteiger partial charge in [-0.15, -0.1) is 0 Å². The average Bonchev–Trinajstić information content (AvgIpc) is 3.08. The standard InChI is InChI=1S/C17H23NO6.CH2O2/c1-12(9-13-6-7-14-15(10-13)24-11-23-14)18(2)17(21)22-8-4-3-5-16(19)20;2-1-3/h6-7,10,12H,3-5,8-9,11H2,1-2H3,(H,19,20);1H,(H,2,3). The van der Waals surface area contributed by atoms with Crippen LogP contribution in [0.5, 0.6) is 11.5 Å². The largest absolute Gasteiger partial charge is 0.483 e. The number of fused-ring (bicyclic) bond motifs is 1. The van der Waals surface area contributed by atoms with Crippen LogP contribution < -0.4 is 9.47 Å². The third-order valence-corrected chi connectivity index (χ3v) is 3.93. The molecule has 1 unspecified atom stereocenters. The molecule has 2 rings (SSSR count). The van der Waals surface area contributed by atoms with Crippen LogP contribution in [0, 0.1) is 0 Å². The number of aliphatic carboxylic acids is 1. The van der Waals surface area contributed by atoms with E-state index >= 15 is 0 Å². The first-order chi connectivity index (χ1) is 12.9. The van der Waals surface area contributed by atoms with Crippen LogP contribution >= 0.6 is 0 Å². The fraction of sp³-hybridized carbons (Fsp3) is 0.500. The Labute approximate surface area is 157 Å². The van der Waals surface area contributed by atoms with E-state index in [1.165, 1.54) is 0 Å². The van der Waals surface area contributed by atoms with Gasteiger partial charge in [0.25, 0.3) is 6.47 Å². The number of carboxylic acid groups (broad SMARTS) is 2. The molecule has 1 aliphatic heterocycles. The molecule has 9 heteroatoms. The molecular formula is C18H25NO8. The van der Waals surface area contributed by atoms with Crippen LogP contribution in [-0.2, 0) is 20.7 Å². The first-order valence-electron chi connectivity index (χ1n) is 8.46. The van der Waals surface area contributed by atoms with E-state index < -0.39 is 12.1 Å². The second-order valence-electron chi connectivity index (χ2n) is 5.92. The van der Waals surface area contributed by atoms with Crippen LogP contribution in [0.4, 0.5) is 4.79 Å². The Bertz CT molecular complexity index is 634.